The van der Waals surface area contributed by atoms with Crippen LogP contribution in [-0.2, 0) is 0 Å². The fourth-order valence-corrected chi connectivity index (χ4v) is 3.90. The highest BCUT2D eigenvalue weighted by molar-refractivity contribution is 9.10. The molecule has 0 bridgehead atoms. The van der Waals surface area contributed by atoms with Crippen LogP contribution in [0.1, 0.15) is 64.6 Å². The Morgan fingerprint density at radius 1 is 1.15 bits per heavy atom. The van der Waals surface area contributed by atoms with Gasteiger partial charge in [0.25, 0.3) is 11.8 Å². The lowest BCUT2D eigenvalue weighted by molar-refractivity contribution is 0.0936. The maximum Gasteiger partial charge on any atom is 0.277 e. The van der Waals surface area contributed by atoms with Gasteiger partial charge in [0.05, 0.1) is 5.56 Å². The molecule has 2 unspecified atom stereocenters. The minimum absolute atomic E-state index is 0.117. The number of amides is 2. The Kier molecular flexibility index (Phi) is 5.01. The highest BCUT2D eigenvalue weighted by Gasteiger charge is 2.29. The molecule has 4 N–H and O–H groups in total. The molecule has 2 atom stereocenters. The largest absolute Gasteiger partial charge is 0.360 e. The maximum atomic E-state index is 12.5. The summed E-state index contributed by atoms with van der Waals surface area (Å²) in [7, 11) is 0. The Balaban J connectivity index is 1.39. The molecule has 2 aromatic rings. The molecule has 0 aliphatic heterocycles. The van der Waals surface area contributed by atoms with Gasteiger partial charge in [-0.15, -0.1) is 0 Å². The zero-order valence-corrected chi connectivity index (χ0v) is 16.3. The molecule has 0 radical (unpaired) electrons. The van der Waals surface area contributed by atoms with E-state index in [-0.39, 0.29) is 29.6 Å². The van der Waals surface area contributed by atoms with Crippen molar-refractivity contribution in [2.45, 2.75) is 50.1 Å². The third-order valence-corrected chi connectivity index (χ3v) is 5.68. The van der Waals surface area contributed by atoms with Gasteiger partial charge in [-0.1, -0.05) is 5.16 Å². The average molecular weight is 433 g/mol. The standard InChI is InChI=1S/C19H21BrN4O3/c20-15-8-13(23-19(26)16-9-17(27-24-16)10-1-2-10)5-6-14(15)18(25)22-12-4-3-11(21)7-12/h5-6,8-12H,1-4,7,21H2,(H,22,25)(H,23,26). The first kappa shape index (κ1) is 18.2. The second-order valence-corrected chi connectivity index (χ2v) is 8.14. The number of hydrogen-bond acceptors (Lipinski definition) is 5. The summed E-state index contributed by atoms with van der Waals surface area (Å²) < 4.78 is 5.82. The number of nitrogens with zero attached hydrogens (tertiary/aromatic N) is 1. The third-order valence-electron chi connectivity index (χ3n) is 5.02. The van der Waals surface area contributed by atoms with Crippen molar-refractivity contribution >= 4 is 33.4 Å². The van der Waals surface area contributed by atoms with Crippen molar-refractivity contribution in [2.24, 2.45) is 5.73 Å². The fraction of sp³-hybridized carbons (Fsp3) is 0.421. The summed E-state index contributed by atoms with van der Waals surface area (Å²) in [5, 5.41) is 9.62. The number of anilines is 1. The Bertz CT molecular complexity index is 878. The second-order valence-electron chi connectivity index (χ2n) is 7.28. The number of nitrogens with one attached hydrogen (secondary N) is 2. The van der Waals surface area contributed by atoms with Gasteiger partial charge in [0.15, 0.2) is 5.69 Å². The van der Waals surface area contributed by atoms with Gasteiger partial charge in [0.1, 0.15) is 5.76 Å². The fourth-order valence-electron chi connectivity index (χ4n) is 3.34. The normalized spacial score (nSPS) is 21.9. The SMILES string of the molecule is NC1CCC(NC(=O)c2ccc(NC(=O)c3cc(C4CC4)on3)cc2Br)C1. The van der Waals surface area contributed by atoms with E-state index in [1.54, 1.807) is 24.3 Å². The van der Waals surface area contributed by atoms with Gasteiger partial charge in [-0.3, -0.25) is 9.59 Å². The molecule has 2 fully saturated rings. The lowest BCUT2D eigenvalue weighted by Gasteiger charge is -2.14. The topological polar surface area (TPSA) is 110 Å². The Hall–Kier alpha value is -2.19. The summed E-state index contributed by atoms with van der Waals surface area (Å²) in [5.41, 5.74) is 7.24. The van der Waals surface area contributed by atoms with Gasteiger partial charge in [-0.25, -0.2) is 0 Å². The van der Waals surface area contributed by atoms with Crippen LogP contribution in [0, 0.1) is 0 Å². The van der Waals surface area contributed by atoms with Crippen LogP contribution >= 0.6 is 15.9 Å². The van der Waals surface area contributed by atoms with Crippen LogP contribution in [0.4, 0.5) is 5.69 Å². The molecular weight excluding hydrogens is 412 g/mol. The first-order valence-corrected chi connectivity index (χ1v) is 9.93. The van der Waals surface area contributed by atoms with Crippen LogP contribution in [0.3, 0.4) is 0 Å². The molecule has 0 saturated heterocycles. The van der Waals surface area contributed by atoms with E-state index in [2.05, 4.69) is 31.7 Å². The highest BCUT2D eigenvalue weighted by Crippen LogP contribution is 2.40. The highest BCUT2D eigenvalue weighted by atomic mass is 79.9. The smallest absolute Gasteiger partial charge is 0.277 e. The molecule has 1 aromatic heterocycles. The van der Waals surface area contributed by atoms with Gasteiger partial charge >= 0.3 is 0 Å². The minimum atomic E-state index is -0.338. The van der Waals surface area contributed by atoms with Crippen molar-refractivity contribution in [3.8, 4) is 0 Å². The van der Waals surface area contributed by atoms with E-state index in [4.69, 9.17) is 10.3 Å². The summed E-state index contributed by atoms with van der Waals surface area (Å²) in [4.78, 5) is 24.8. The molecule has 27 heavy (non-hydrogen) atoms. The summed E-state index contributed by atoms with van der Waals surface area (Å²) in [6, 6.07) is 7.05. The number of nitrogens with two attached hydrogens (primary N) is 1. The lowest BCUT2D eigenvalue weighted by Crippen LogP contribution is -2.34. The molecule has 0 spiro atoms. The number of halogens is 1. The number of carbonyl (C=O) groups is 2. The minimum Gasteiger partial charge on any atom is -0.360 e. The predicted octanol–water partition coefficient (Wildman–Crippen LogP) is 3.18. The van der Waals surface area contributed by atoms with Crippen LogP contribution in [0.15, 0.2) is 33.3 Å². The Morgan fingerprint density at radius 2 is 1.96 bits per heavy atom. The molecule has 7 nitrogen and oxygen atoms in total. The zero-order chi connectivity index (χ0) is 19.0. The number of rotatable bonds is 5. The van der Waals surface area contributed by atoms with Gasteiger partial charge in [0.2, 0.25) is 0 Å². The van der Waals surface area contributed by atoms with Gasteiger partial charge < -0.3 is 20.9 Å². The van der Waals surface area contributed by atoms with Crippen molar-refractivity contribution in [3.05, 3.63) is 45.8 Å². The third kappa shape index (κ3) is 4.22. The zero-order valence-electron chi connectivity index (χ0n) is 14.7. The monoisotopic (exact) mass is 432 g/mol. The molecule has 1 heterocycles. The molecule has 2 saturated carbocycles. The summed E-state index contributed by atoms with van der Waals surface area (Å²) in [6.07, 6.45) is 4.80. The number of benzene rings is 1. The maximum absolute atomic E-state index is 12.5. The summed E-state index contributed by atoms with van der Waals surface area (Å²) in [5.74, 6) is 0.680. The summed E-state index contributed by atoms with van der Waals surface area (Å²) in [6.45, 7) is 0. The molecule has 2 aliphatic carbocycles. The van der Waals surface area contributed by atoms with Crippen LogP contribution < -0.4 is 16.4 Å². The lowest BCUT2D eigenvalue weighted by atomic mass is 10.1. The number of hydrogen-bond donors (Lipinski definition) is 3. The molecule has 4 rings (SSSR count). The molecular formula is C19H21BrN4O3. The van der Waals surface area contributed by atoms with E-state index in [1.807, 2.05) is 0 Å². The first-order valence-electron chi connectivity index (χ1n) is 9.13. The summed E-state index contributed by atoms with van der Waals surface area (Å²) >= 11 is 3.42. The molecule has 2 aliphatic rings. The van der Waals surface area contributed by atoms with E-state index in [0.717, 1.165) is 37.9 Å². The van der Waals surface area contributed by atoms with E-state index >= 15 is 0 Å². The van der Waals surface area contributed by atoms with Crippen LogP contribution in [-0.4, -0.2) is 29.1 Å². The molecule has 142 valence electrons. The predicted molar refractivity (Wildman–Crippen MR) is 104 cm³/mol. The average Bonchev–Trinajstić information content (AvgIpc) is 3.21. The van der Waals surface area contributed by atoms with Gasteiger partial charge in [-0.2, -0.15) is 0 Å². The molecule has 2 amide bonds. The first-order chi connectivity index (χ1) is 13.0. The molecule has 1 aromatic carbocycles. The van der Waals surface area contributed by atoms with Crippen LogP contribution in [0.25, 0.3) is 0 Å². The van der Waals surface area contributed by atoms with Crippen molar-refractivity contribution in [2.75, 3.05) is 5.32 Å². The van der Waals surface area contributed by atoms with Gasteiger partial charge in [0, 0.05) is 34.2 Å². The van der Waals surface area contributed by atoms with E-state index in [9.17, 15) is 9.59 Å². The van der Waals surface area contributed by atoms with Crippen LogP contribution in [0.5, 0.6) is 0 Å². The van der Waals surface area contributed by atoms with Gasteiger partial charge in [-0.05, 0) is 66.2 Å². The van der Waals surface area contributed by atoms with E-state index in [1.165, 1.54) is 0 Å². The Labute approximate surface area is 165 Å². The van der Waals surface area contributed by atoms with Crippen molar-refractivity contribution in [1.29, 1.82) is 0 Å². The van der Waals surface area contributed by atoms with Crippen LogP contribution in [0.2, 0.25) is 0 Å². The Morgan fingerprint density at radius 3 is 2.63 bits per heavy atom. The molecule has 8 heteroatoms. The quantitative estimate of drug-likeness (QED) is 0.671. The van der Waals surface area contributed by atoms with E-state index < -0.39 is 0 Å². The van der Waals surface area contributed by atoms with Crippen molar-refractivity contribution < 1.29 is 14.1 Å². The second kappa shape index (κ2) is 7.44. The van der Waals surface area contributed by atoms with E-state index in [0.29, 0.717) is 21.6 Å². The number of aromatic nitrogens is 1. The van der Waals surface area contributed by atoms with Crippen molar-refractivity contribution in [3.63, 3.8) is 0 Å². The van der Waals surface area contributed by atoms with Crippen molar-refractivity contribution in [1.82, 2.24) is 10.5 Å². The number of carbonyl (C=O) groups excluding carboxylic acids is 2.